The van der Waals surface area contributed by atoms with Gasteiger partial charge in [-0.3, -0.25) is 10.1 Å². The number of esters is 1. The highest BCUT2D eigenvalue weighted by atomic mass is 16.6. The van der Waals surface area contributed by atoms with E-state index in [0.717, 1.165) is 12.8 Å². The van der Waals surface area contributed by atoms with Gasteiger partial charge in [-0.1, -0.05) is 6.42 Å². The minimum absolute atomic E-state index is 0.273. The van der Waals surface area contributed by atoms with Crippen molar-refractivity contribution in [3.63, 3.8) is 0 Å². The van der Waals surface area contributed by atoms with E-state index >= 15 is 0 Å². The van der Waals surface area contributed by atoms with Crippen LogP contribution in [0, 0.1) is 10.1 Å². The maximum Gasteiger partial charge on any atom is 0.330 e. The smallest absolute Gasteiger partial charge is 0.330 e. The summed E-state index contributed by atoms with van der Waals surface area (Å²) < 4.78 is 10.1. The average molecular weight is 255 g/mol. The Balaban J connectivity index is 2.40. The molecule has 0 aromatic rings. The van der Waals surface area contributed by atoms with E-state index in [2.05, 4.69) is 4.74 Å². The molecule has 2 atom stereocenters. The van der Waals surface area contributed by atoms with Crippen LogP contribution in [0.2, 0.25) is 0 Å². The number of fused-ring (bicyclic) bond motifs is 1. The van der Waals surface area contributed by atoms with Crippen molar-refractivity contribution in [2.75, 3.05) is 13.7 Å². The Morgan fingerprint density at radius 2 is 2.39 bits per heavy atom. The lowest BCUT2D eigenvalue weighted by atomic mass is 9.72. The molecule has 18 heavy (non-hydrogen) atoms. The van der Waals surface area contributed by atoms with E-state index in [-0.39, 0.29) is 4.92 Å². The predicted octanol–water partition coefficient (Wildman–Crippen LogP) is 1.46. The molecule has 2 aliphatic rings. The molecule has 0 aromatic heterocycles. The van der Waals surface area contributed by atoms with Gasteiger partial charge in [0.25, 0.3) is 5.54 Å². The van der Waals surface area contributed by atoms with Gasteiger partial charge in [-0.05, 0) is 19.3 Å². The van der Waals surface area contributed by atoms with Gasteiger partial charge in [-0.2, -0.15) is 0 Å². The number of nitro groups is 1. The second kappa shape index (κ2) is 5.06. The van der Waals surface area contributed by atoms with Crippen LogP contribution in [0.5, 0.6) is 0 Å². The van der Waals surface area contributed by atoms with E-state index in [9.17, 15) is 14.9 Å². The van der Waals surface area contributed by atoms with E-state index < -0.39 is 17.6 Å². The summed E-state index contributed by atoms with van der Waals surface area (Å²) in [6, 6.07) is 0. The quantitative estimate of drug-likeness (QED) is 0.323. The summed E-state index contributed by atoms with van der Waals surface area (Å²) in [5.41, 5.74) is -0.666. The van der Waals surface area contributed by atoms with Crippen LogP contribution in [0.15, 0.2) is 11.6 Å². The molecule has 0 N–H and O–H groups in total. The van der Waals surface area contributed by atoms with Gasteiger partial charge in [0.2, 0.25) is 0 Å². The van der Waals surface area contributed by atoms with Gasteiger partial charge in [-0.25, -0.2) is 4.79 Å². The third-order valence-corrected chi connectivity index (χ3v) is 3.87. The Labute approximate surface area is 105 Å². The highest BCUT2D eigenvalue weighted by Crippen LogP contribution is 2.43. The Hall–Kier alpha value is -1.43. The maximum atomic E-state index is 11.5. The molecular weight excluding hydrogens is 238 g/mol. The number of ether oxygens (including phenoxy) is 2. The first-order valence-corrected chi connectivity index (χ1v) is 6.16. The molecule has 6 nitrogen and oxygen atoms in total. The van der Waals surface area contributed by atoms with Crippen LogP contribution < -0.4 is 0 Å². The van der Waals surface area contributed by atoms with E-state index in [1.165, 1.54) is 13.2 Å². The number of rotatable bonds is 2. The normalized spacial score (nSPS) is 33.8. The van der Waals surface area contributed by atoms with E-state index in [1.54, 1.807) is 0 Å². The molecular formula is C12H17NO5. The van der Waals surface area contributed by atoms with Crippen LogP contribution in [0.25, 0.3) is 0 Å². The Morgan fingerprint density at radius 3 is 3.06 bits per heavy atom. The van der Waals surface area contributed by atoms with Crippen molar-refractivity contribution >= 4 is 5.97 Å². The highest BCUT2D eigenvalue weighted by Gasteiger charge is 2.57. The second-order valence-electron chi connectivity index (χ2n) is 4.73. The molecule has 2 fully saturated rings. The Kier molecular flexibility index (Phi) is 3.65. The fourth-order valence-corrected chi connectivity index (χ4v) is 2.96. The molecule has 0 aromatic carbocycles. The Bertz CT molecular complexity index is 390. The van der Waals surface area contributed by atoms with Crippen molar-refractivity contribution in [3.05, 3.63) is 21.8 Å². The van der Waals surface area contributed by atoms with Crippen LogP contribution in [0.4, 0.5) is 0 Å². The van der Waals surface area contributed by atoms with Crippen LogP contribution in [0.3, 0.4) is 0 Å². The first kappa shape index (κ1) is 13.0. The standard InChI is InChI=1S/C12H17NO5/c1-17-11(14)8-9-5-7-18-10-4-2-3-6-12(9,10)13(15)16/h8,10H,2-7H2,1H3/b9-8+/t10-,12+/m0/s1. The number of carbonyl (C=O) groups is 1. The van der Waals surface area contributed by atoms with Gasteiger partial charge < -0.3 is 9.47 Å². The van der Waals surface area contributed by atoms with Crippen molar-refractivity contribution in [1.82, 2.24) is 0 Å². The molecule has 6 heteroatoms. The highest BCUT2D eigenvalue weighted by molar-refractivity contribution is 5.83. The summed E-state index contributed by atoms with van der Waals surface area (Å²) in [6.45, 7) is 0.434. The average Bonchev–Trinajstić information content (AvgIpc) is 2.38. The maximum absolute atomic E-state index is 11.5. The van der Waals surface area contributed by atoms with Crippen molar-refractivity contribution < 1.29 is 19.2 Å². The zero-order valence-electron chi connectivity index (χ0n) is 10.4. The summed E-state index contributed by atoms with van der Waals surface area (Å²) >= 11 is 0. The molecule has 0 bridgehead atoms. The number of methoxy groups -OCH3 is 1. The third-order valence-electron chi connectivity index (χ3n) is 3.87. The largest absolute Gasteiger partial charge is 0.466 e. The molecule has 1 saturated carbocycles. The van der Waals surface area contributed by atoms with Crippen molar-refractivity contribution in [2.45, 2.75) is 43.7 Å². The molecule has 0 amide bonds. The van der Waals surface area contributed by atoms with Crippen LogP contribution >= 0.6 is 0 Å². The van der Waals surface area contributed by atoms with Gasteiger partial charge in [0.1, 0.15) is 6.10 Å². The lowest BCUT2D eigenvalue weighted by Gasteiger charge is -2.41. The van der Waals surface area contributed by atoms with Gasteiger partial charge in [0.15, 0.2) is 0 Å². The zero-order chi connectivity index (χ0) is 13.2. The molecule has 100 valence electrons. The lowest BCUT2D eigenvalue weighted by Crippen LogP contribution is -2.56. The van der Waals surface area contributed by atoms with Crippen LogP contribution in [-0.2, 0) is 14.3 Å². The minimum atomic E-state index is -1.22. The molecule has 0 radical (unpaired) electrons. The third kappa shape index (κ3) is 2.01. The molecule has 0 spiro atoms. The summed E-state index contributed by atoms with van der Waals surface area (Å²) in [4.78, 5) is 22.6. The molecule has 1 saturated heterocycles. The van der Waals surface area contributed by atoms with Crippen molar-refractivity contribution in [2.24, 2.45) is 0 Å². The monoisotopic (exact) mass is 255 g/mol. The minimum Gasteiger partial charge on any atom is -0.466 e. The lowest BCUT2D eigenvalue weighted by molar-refractivity contribution is -0.579. The Morgan fingerprint density at radius 1 is 1.61 bits per heavy atom. The SMILES string of the molecule is COC(=O)/C=C1\CCO[C@H]2CCCC[C@@]12[N+](=O)[O-]. The van der Waals surface area contributed by atoms with Gasteiger partial charge in [0.05, 0.1) is 13.7 Å². The molecule has 1 aliphatic carbocycles. The summed E-state index contributed by atoms with van der Waals surface area (Å²) in [5, 5.41) is 11.5. The number of nitrogens with zero attached hydrogens (tertiary/aromatic N) is 1. The molecule has 2 rings (SSSR count). The molecule has 1 aliphatic heterocycles. The van der Waals surface area contributed by atoms with E-state index in [4.69, 9.17) is 4.74 Å². The number of hydrogen-bond acceptors (Lipinski definition) is 5. The number of carbonyl (C=O) groups excluding carboxylic acids is 1. The topological polar surface area (TPSA) is 78.7 Å². The second-order valence-corrected chi connectivity index (χ2v) is 4.73. The van der Waals surface area contributed by atoms with Gasteiger partial charge in [-0.15, -0.1) is 0 Å². The van der Waals surface area contributed by atoms with E-state index in [0.29, 0.717) is 31.4 Å². The van der Waals surface area contributed by atoms with Crippen molar-refractivity contribution in [1.29, 1.82) is 0 Å². The van der Waals surface area contributed by atoms with Gasteiger partial charge >= 0.3 is 5.97 Å². The van der Waals surface area contributed by atoms with Crippen molar-refractivity contribution in [3.8, 4) is 0 Å². The summed E-state index contributed by atoms with van der Waals surface area (Å²) in [5.74, 6) is -0.530. The summed E-state index contributed by atoms with van der Waals surface area (Å²) in [6.07, 6.45) is 4.14. The predicted molar refractivity (Wildman–Crippen MR) is 62.6 cm³/mol. The first-order valence-electron chi connectivity index (χ1n) is 6.16. The fraction of sp³-hybridized carbons (Fsp3) is 0.750. The fourth-order valence-electron chi connectivity index (χ4n) is 2.96. The summed E-state index contributed by atoms with van der Waals surface area (Å²) in [7, 11) is 1.27. The molecule has 1 heterocycles. The van der Waals surface area contributed by atoms with E-state index in [1.807, 2.05) is 0 Å². The zero-order valence-corrected chi connectivity index (χ0v) is 10.4. The molecule has 0 unspecified atom stereocenters. The van der Waals surface area contributed by atoms with Crippen LogP contribution in [0.1, 0.15) is 32.1 Å². The van der Waals surface area contributed by atoms with Gasteiger partial charge in [0, 0.05) is 23.0 Å². The first-order chi connectivity index (χ1) is 8.61. The number of hydrogen-bond donors (Lipinski definition) is 0. The van der Waals surface area contributed by atoms with Crippen LogP contribution in [-0.4, -0.2) is 36.3 Å².